The molecular weight excluding hydrogens is 344 g/mol. The zero-order chi connectivity index (χ0) is 17.4. The van der Waals surface area contributed by atoms with Crippen LogP contribution in [0.3, 0.4) is 0 Å². The molecule has 1 atom stereocenters. The van der Waals surface area contributed by atoms with Crippen LogP contribution in [0.4, 0.5) is 0 Å². The molecule has 10 heteroatoms. The van der Waals surface area contributed by atoms with E-state index >= 15 is 0 Å². The second kappa shape index (κ2) is 6.28. The zero-order valence-electron chi connectivity index (χ0n) is 13.3. The summed E-state index contributed by atoms with van der Waals surface area (Å²) < 4.78 is 3.39. The Labute approximate surface area is 146 Å². The van der Waals surface area contributed by atoms with E-state index in [0.717, 1.165) is 17.8 Å². The third kappa shape index (κ3) is 3.12. The van der Waals surface area contributed by atoms with Crippen molar-refractivity contribution >= 4 is 28.2 Å². The smallest absolute Gasteiger partial charge is 0.358 e. The summed E-state index contributed by atoms with van der Waals surface area (Å²) in [5.74, 6) is -0.943. The maximum Gasteiger partial charge on any atom is 0.358 e. The fourth-order valence-electron chi connectivity index (χ4n) is 3.14. The van der Waals surface area contributed by atoms with Gasteiger partial charge < -0.3 is 10.0 Å². The van der Waals surface area contributed by atoms with Gasteiger partial charge in [0.05, 0.1) is 6.20 Å². The van der Waals surface area contributed by atoms with E-state index in [2.05, 4.69) is 15.3 Å². The summed E-state index contributed by atoms with van der Waals surface area (Å²) in [4.78, 5) is 30.6. The van der Waals surface area contributed by atoms with Crippen molar-refractivity contribution in [2.24, 2.45) is 5.92 Å². The largest absolute Gasteiger partial charge is 0.476 e. The number of likely N-dealkylation sites (tertiary alicyclic amines) is 1. The van der Waals surface area contributed by atoms with Gasteiger partial charge in [0.15, 0.2) is 10.7 Å². The lowest BCUT2D eigenvalue weighted by Crippen LogP contribution is -2.41. The highest BCUT2D eigenvalue weighted by molar-refractivity contribution is 7.15. The number of carbonyl (C=O) groups is 2. The lowest BCUT2D eigenvalue weighted by molar-refractivity contribution is 0.0653. The summed E-state index contributed by atoms with van der Waals surface area (Å²) in [5, 5.41) is 18.3. The van der Waals surface area contributed by atoms with E-state index in [1.54, 1.807) is 6.20 Å². The third-order valence-electron chi connectivity index (χ3n) is 4.32. The maximum absolute atomic E-state index is 12.7. The predicted molar refractivity (Wildman–Crippen MR) is 88.7 cm³/mol. The Morgan fingerprint density at radius 2 is 2.20 bits per heavy atom. The van der Waals surface area contributed by atoms with Gasteiger partial charge in [-0.05, 0) is 18.8 Å². The number of fused-ring (bicyclic) bond motifs is 1. The van der Waals surface area contributed by atoms with Gasteiger partial charge in [-0.3, -0.25) is 13.9 Å². The Hall–Kier alpha value is -2.75. The highest BCUT2D eigenvalue weighted by Gasteiger charge is 2.26. The lowest BCUT2D eigenvalue weighted by atomic mass is 9.98. The van der Waals surface area contributed by atoms with Crippen LogP contribution in [0.5, 0.6) is 0 Å². The minimum atomic E-state index is -1.09. The number of carboxylic acid groups (broad SMARTS) is 1. The molecule has 4 heterocycles. The van der Waals surface area contributed by atoms with Crippen molar-refractivity contribution in [3.63, 3.8) is 0 Å². The van der Waals surface area contributed by atoms with Crippen molar-refractivity contribution in [2.75, 3.05) is 13.1 Å². The van der Waals surface area contributed by atoms with Gasteiger partial charge in [-0.25, -0.2) is 9.78 Å². The molecule has 0 unspecified atom stereocenters. The summed E-state index contributed by atoms with van der Waals surface area (Å²) in [6.07, 6.45) is 6.93. The lowest BCUT2D eigenvalue weighted by Gasteiger charge is -2.32. The van der Waals surface area contributed by atoms with Crippen LogP contribution in [0.25, 0.3) is 4.96 Å². The molecule has 1 fully saturated rings. The molecule has 0 saturated carbocycles. The Morgan fingerprint density at radius 3 is 2.96 bits per heavy atom. The van der Waals surface area contributed by atoms with E-state index in [1.807, 2.05) is 20.9 Å². The number of aromatic carboxylic acids is 1. The quantitative estimate of drug-likeness (QED) is 0.750. The first-order chi connectivity index (χ1) is 12.1. The molecule has 0 aromatic carbocycles. The average Bonchev–Trinajstić information content (AvgIpc) is 3.29. The van der Waals surface area contributed by atoms with Gasteiger partial charge in [0.1, 0.15) is 5.69 Å². The first kappa shape index (κ1) is 15.8. The predicted octanol–water partition coefficient (Wildman–Crippen LogP) is 1.24. The first-order valence-corrected chi connectivity index (χ1v) is 8.83. The number of carboxylic acids is 1. The Morgan fingerprint density at radius 1 is 1.32 bits per heavy atom. The molecule has 25 heavy (non-hydrogen) atoms. The van der Waals surface area contributed by atoms with E-state index in [-0.39, 0.29) is 17.5 Å². The number of thiazole rings is 1. The summed E-state index contributed by atoms with van der Waals surface area (Å²) in [7, 11) is 0. The molecule has 3 aromatic rings. The van der Waals surface area contributed by atoms with Gasteiger partial charge in [-0.15, -0.1) is 16.4 Å². The van der Waals surface area contributed by atoms with Gasteiger partial charge in [0.25, 0.3) is 5.91 Å². The van der Waals surface area contributed by atoms with Crippen molar-refractivity contribution in [2.45, 2.75) is 19.4 Å². The number of hydrogen-bond donors (Lipinski definition) is 1. The number of rotatable bonds is 4. The molecular formula is C15H16N6O3S. The Kier molecular flexibility index (Phi) is 3.96. The monoisotopic (exact) mass is 360 g/mol. The van der Waals surface area contributed by atoms with Crippen LogP contribution < -0.4 is 0 Å². The number of carbonyl (C=O) groups excluding carboxylic acids is 1. The van der Waals surface area contributed by atoms with Gasteiger partial charge >= 0.3 is 5.97 Å². The fourth-order valence-corrected chi connectivity index (χ4v) is 3.84. The SMILES string of the molecule is O=C(O)c1cn(C[C@@H]2CCCN(C(=O)c3cn4ccsc4n3)C2)nn1. The van der Waals surface area contributed by atoms with E-state index in [0.29, 0.717) is 25.3 Å². The van der Waals surface area contributed by atoms with Crippen molar-refractivity contribution in [1.29, 1.82) is 0 Å². The molecule has 1 N–H and O–H groups in total. The summed E-state index contributed by atoms with van der Waals surface area (Å²) >= 11 is 1.49. The van der Waals surface area contributed by atoms with Crippen molar-refractivity contribution in [1.82, 2.24) is 29.3 Å². The molecule has 1 saturated heterocycles. The molecule has 0 bridgehead atoms. The number of amides is 1. The van der Waals surface area contributed by atoms with E-state index in [1.165, 1.54) is 22.2 Å². The fraction of sp³-hybridized carbons (Fsp3) is 0.400. The minimum Gasteiger partial charge on any atom is -0.476 e. The highest BCUT2D eigenvalue weighted by atomic mass is 32.1. The van der Waals surface area contributed by atoms with Crippen molar-refractivity contribution in [3.8, 4) is 0 Å². The van der Waals surface area contributed by atoms with Crippen LogP contribution in [0.1, 0.15) is 33.8 Å². The molecule has 0 radical (unpaired) electrons. The van der Waals surface area contributed by atoms with Crippen LogP contribution in [-0.2, 0) is 6.54 Å². The second-order valence-electron chi connectivity index (χ2n) is 6.11. The van der Waals surface area contributed by atoms with Gasteiger partial charge in [0.2, 0.25) is 0 Å². The first-order valence-electron chi connectivity index (χ1n) is 7.95. The van der Waals surface area contributed by atoms with Crippen molar-refractivity contribution in [3.05, 3.63) is 35.4 Å². The molecule has 1 aliphatic rings. The van der Waals surface area contributed by atoms with Gasteiger partial charge in [0, 0.05) is 37.4 Å². The minimum absolute atomic E-state index is 0.0644. The zero-order valence-corrected chi connectivity index (χ0v) is 14.1. The average molecular weight is 360 g/mol. The Bertz CT molecular complexity index is 900. The molecule has 0 aliphatic carbocycles. The third-order valence-corrected chi connectivity index (χ3v) is 5.09. The van der Waals surface area contributed by atoms with Crippen LogP contribution in [0.2, 0.25) is 0 Å². The van der Waals surface area contributed by atoms with Gasteiger partial charge in [-0.2, -0.15) is 0 Å². The van der Waals surface area contributed by atoms with E-state index in [9.17, 15) is 9.59 Å². The number of aromatic nitrogens is 5. The van der Waals surface area contributed by atoms with Crippen LogP contribution in [-0.4, -0.2) is 59.4 Å². The number of hydrogen-bond acceptors (Lipinski definition) is 6. The summed E-state index contributed by atoms with van der Waals surface area (Å²) in [6.45, 7) is 1.85. The van der Waals surface area contributed by atoms with Crippen LogP contribution >= 0.6 is 11.3 Å². The van der Waals surface area contributed by atoms with Crippen LogP contribution in [0.15, 0.2) is 24.0 Å². The molecule has 9 nitrogen and oxygen atoms in total. The van der Waals surface area contributed by atoms with E-state index in [4.69, 9.17) is 5.11 Å². The maximum atomic E-state index is 12.7. The molecule has 4 rings (SSSR count). The highest BCUT2D eigenvalue weighted by Crippen LogP contribution is 2.21. The second-order valence-corrected chi connectivity index (χ2v) is 6.98. The summed E-state index contributed by atoms with van der Waals surface area (Å²) in [5.41, 5.74) is 0.392. The normalized spacial score (nSPS) is 17.9. The standard InChI is InChI=1S/C15H16N6O3S/c22-13(11-8-20-4-5-25-15(20)16-11)19-3-1-2-10(6-19)7-21-9-12(14(23)24)17-18-21/h4-5,8-10H,1-3,6-7H2,(H,23,24)/t10-/m1/s1. The topological polar surface area (TPSA) is 106 Å². The molecule has 1 aliphatic heterocycles. The number of imidazole rings is 1. The summed E-state index contributed by atoms with van der Waals surface area (Å²) in [6, 6.07) is 0. The Balaban J connectivity index is 1.43. The van der Waals surface area contributed by atoms with Gasteiger partial charge in [-0.1, -0.05) is 5.21 Å². The van der Waals surface area contributed by atoms with Crippen molar-refractivity contribution < 1.29 is 14.7 Å². The number of piperidine rings is 1. The molecule has 3 aromatic heterocycles. The van der Waals surface area contributed by atoms with E-state index < -0.39 is 5.97 Å². The van der Waals surface area contributed by atoms with Crippen LogP contribution in [0, 0.1) is 5.92 Å². The number of nitrogens with zero attached hydrogens (tertiary/aromatic N) is 6. The molecule has 1 amide bonds. The molecule has 130 valence electrons. The molecule has 0 spiro atoms.